The molecule has 1 fully saturated rings. The third kappa shape index (κ3) is 2.50. The molecule has 0 heterocycles. The Morgan fingerprint density at radius 2 is 2.21 bits per heavy atom. The lowest BCUT2D eigenvalue weighted by Crippen LogP contribution is -2.34. The Labute approximate surface area is 98.0 Å². The molecule has 1 nitrogen and oxygen atoms in total. The summed E-state index contributed by atoms with van der Waals surface area (Å²) in [5.74, 6) is 0. The highest BCUT2D eigenvalue weighted by atomic mass is 79.9. The van der Waals surface area contributed by atoms with E-state index in [1.165, 1.54) is 24.8 Å². The zero-order valence-corrected chi connectivity index (χ0v) is 10.2. The molecule has 0 amide bonds. The van der Waals surface area contributed by atoms with E-state index >= 15 is 0 Å². The van der Waals surface area contributed by atoms with Gasteiger partial charge in [-0.1, -0.05) is 40.0 Å². The third-order valence-electron chi connectivity index (χ3n) is 2.70. The first-order valence-electron chi connectivity index (χ1n) is 4.93. The molecule has 1 aromatic rings. The van der Waals surface area contributed by atoms with Gasteiger partial charge in [0.25, 0.3) is 0 Å². The number of nitrogens with one attached hydrogen (secondary N) is 1. The summed E-state index contributed by atoms with van der Waals surface area (Å²) in [4.78, 5) is 0. The van der Waals surface area contributed by atoms with Gasteiger partial charge in [0.2, 0.25) is 0 Å². The Balaban J connectivity index is 1.94. The third-order valence-corrected chi connectivity index (χ3v) is 3.67. The molecule has 0 spiro atoms. The summed E-state index contributed by atoms with van der Waals surface area (Å²) >= 11 is 9.38. The molecule has 0 saturated heterocycles. The quantitative estimate of drug-likeness (QED) is 0.885. The number of halogens is 2. The molecule has 1 saturated carbocycles. The Hall–Kier alpha value is -0.0500. The minimum Gasteiger partial charge on any atom is -0.310 e. The molecule has 1 N–H and O–H groups in total. The van der Waals surface area contributed by atoms with E-state index in [-0.39, 0.29) is 0 Å². The highest BCUT2D eigenvalue weighted by molar-refractivity contribution is 9.10. The molecule has 0 bridgehead atoms. The predicted molar refractivity (Wildman–Crippen MR) is 63.6 cm³/mol. The van der Waals surface area contributed by atoms with E-state index in [2.05, 4.69) is 27.3 Å². The second kappa shape index (κ2) is 4.65. The van der Waals surface area contributed by atoms with E-state index in [4.69, 9.17) is 11.6 Å². The molecular formula is C11H13BrClN. The summed E-state index contributed by atoms with van der Waals surface area (Å²) in [6.45, 7) is 0.933. The van der Waals surface area contributed by atoms with Crippen molar-refractivity contribution in [1.29, 1.82) is 0 Å². The van der Waals surface area contributed by atoms with Crippen molar-refractivity contribution in [1.82, 2.24) is 5.32 Å². The molecule has 0 radical (unpaired) electrons. The number of hydrogen-bond acceptors (Lipinski definition) is 1. The fourth-order valence-corrected chi connectivity index (χ4v) is 2.35. The van der Waals surface area contributed by atoms with Gasteiger partial charge in [-0.05, 0) is 30.5 Å². The summed E-state index contributed by atoms with van der Waals surface area (Å²) in [5, 5.41) is 4.30. The lowest BCUT2D eigenvalue weighted by molar-refractivity contribution is 0.338. The fraction of sp³-hybridized carbons (Fsp3) is 0.455. The van der Waals surface area contributed by atoms with Gasteiger partial charge < -0.3 is 5.32 Å². The van der Waals surface area contributed by atoms with E-state index in [0.29, 0.717) is 0 Å². The number of rotatable bonds is 3. The van der Waals surface area contributed by atoms with Crippen molar-refractivity contribution in [3.05, 3.63) is 33.3 Å². The van der Waals surface area contributed by atoms with Crippen LogP contribution in [0.1, 0.15) is 24.8 Å². The van der Waals surface area contributed by atoms with Crippen LogP contribution in [0.4, 0.5) is 0 Å². The molecule has 0 aliphatic heterocycles. The van der Waals surface area contributed by atoms with Crippen molar-refractivity contribution >= 4 is 27.5 Å². The van der Waals surface area contributed by atoms with Crippen LogP contribution in [-0.4, -0.2) is 6.04 Å². The summed E-state index contributed by atoms with van der Waals surface area (Å²) in [7, 11) is 0. The van der Waals surface area contributed by atoms with E-state index in [9.17, 15) is 0 Å². The first kappa shape index (κ1) is 10.5. The van der Waals surface area contributed by atoms with Crippen molar-refractivity contribution in [2.45, 2.75) is 31.8 Å². The summed E-state index contributed by atoms with van der Waals surface area (Å²) in [6.07, 6.45) is 4.02. The van der Waals surface area contributed by atoms with Crippen molar-refractivity contribution in [3.8, 4) is 0 Å². The number of hydrogen-bond donors (Lipinski definition) is 1. The van der Waals surface area contributed by atoms with Crippen LogP contribution in [0, 0.1) is 0 Å². The standard InChI is InChI=1S/C11H13BrClN/c12-11-6-9(13)5-4-8(11)7-14-10-2-1-3-10/h4-6,10,14H,1-3,7H2. The summed E-state index contributed by atoms with van der Waals surface area (Å²) in [5.41, 5.74) is 1.28. The molecule has 14 heavy (non-hydrogen) atoms. The van der Waals surface area contributed by atoms with Crippen molar-refractivity contribution in [3.63, 3.8) is 0 Å². The van der Waals surface area contributed by atoms with Crippen molar-refractivity contribution in [2.24, 2.45) is 0 Å². The van der Waals surface area contributed by atoms with Crippen molar-refractivity contribution < 1.29 is 0 Å². The fourth-order valence-electron chi connectivity index (χ4n) is 1.53. The van der Waals surface area contributed by atoms with Crippen LogP contribution in [0.25, 0.3) is 0 Å². The molecule has 2 rings (SSSR count). The Morgan fingerprint density at radius 1 is 1.43 bits per heavy atom. The lowest BCUT2D eigenvalue weighted by atomic mass is 9.93. The molecule has 1 aromatic carbocycles. The zero-order valence-electron chi connectivity index (χ0n) is 7.89. The Bertz CT molecular complexity index is 323. The maximum absolute atomic E-state index is 5.87. The second-order valence-electron chi connectivity index (χ2n) is 3.74. The molecular weight excluding hydrogens is 261 g/mol. The van der Waals surface area contributed by atoms with E-state index in [0.717, 1.165) is 22.1 Å². The molecule has 0 atom stereocenters. The van der Waals surface area contributed by atoms with Crippen LogP contribution >= 0.6 is 27.5 Å². The average Bonchev–Trinajstić information content (AvgIpc) is 2.05. The Kier molecular flexibility index (Phi) is 3.47. The molecule has 0 aromatic heterocycles. The minimum absolute atomic E-state index is 0.734. The number of benzene rings is 1. The highest BCUT2D eigenvalue weighted by Crippen LogP contribution is 2.23. The SMILES string of the molecule is Clc1ccc(CNC2CCC2)c(Br)c1. The van der Waals surface area contributed by atoms with Crippen LogP contribution in [0.15, 0.2) is 22.7 Å². The molecule has 3 heteroatoms. The van der Waals surface area contributed by atoms with Gasteiger partial charge in [0, 0.05) is 22.1 Å². The van der Waals surface area contributed by atoms with E-state index < -0.39 is 0 Å². The monoisotopic (exact) mass is 273 g/mol. The van der Waals surface area contributed by atoms with Gasteiger partial charge in [0.1, 0.15) is 0 Å². The van der Waals surface area contributed by atoms with Crippen molar-refractivity contribution in [2.75, 3.05) is 0 Å². The van der Waals surface area contributed by atoms with E-state index in [1.807, 2.05) is 12.1 Å². The zero-order chi connectivity index (χ0) is 9.97. The van der Waals surface area contributed by atoms with Crippen LogP contribution in [-0.2, 0) is 6.54 Å². The molecule has 76 valence electrons. The maximum atomic E-state index is 5.87. The van der Waals surface area contributed by atoms with Gasteiger partial charge in [-0.2, -0.15) is 0 Å². The van der Waals surface area contributed by atoms with Gasteiger partial charge in [-0.25, -0.2) is 0 Å². The summed E-state index contributed by atoms with van der Waals surface area (Å²) < 4.78 is 1.09. The second-order valence-corrected chi connectivity index (χ2v) is 5.04. The molecule has 0 unspecified atom stereocenters. The van der Waals surface area contributed by atoms with Crippen LogP contribution in [0.2, 0.25) is 5.02 Å². The van der Waals surface area contributed by atoms with Gasteiger partial charge in [0.05, 0.1) is 0 Å². The minimum atomic E-state index is 0.734. The highest BCUT2D eigenvalue weighted by Gasteiger charge is 2.16. The van der Waals surface area contributed by atoms with Gasteiger partial charge in [-0.15, -0.1) is 0 Å². The average molecular weight is 275 g/mol. The first-order chi connectivity index (χ1) is 6.75. The lowest BCUT2D eigenvalue weighted by Gasteiger charge is -2.26. The van der Waals surface area contributed by atoms with Crippen LogP contribution < -0.4 is 5.32 Å². The largest absolute Gasteiger partial charge is 0.310 e. The van der Waals surface area contributed by atoms with Crippen LogP contribution in [0.5, 0.6) is 0 Å². The predicted octanol–water partition coefficient (Wildman–Crippen LogP) is 3.74. The summed E-state index contributed by atoms with van der Waals surface area (Å²) in [6, 6.07) is 6.68. The Morgan fingerprint density at radius 3 is 2.79 bits per heavy atom. The molecule has 1 aliphatic carbocycles. The topological polar surface area (TPSA) is 12.0 Å². The van der Waals surface area contributed by atoms with Crippen LogP contribution in [0.3, 0.4) is 0 Å². The molecule has 1 aliphatic rings. The van der Waals surface area contributed by atoms with Gasteiger partial charge in [0.15, 0.2) is 0 Å². The normalized spacial score (nSPS) is 16.7. The maximum Gasteiger partial charge on any atom is 0.0417 e. The van der Waals surface area contributed by atoms with E-state index in [1.54, 1.807) is 0 Å². The smallest absolute Gasteiger partial charge is 0.0417 e. The van der Waals surface area contributed by atoms with Gasteiger partial charge >= 0.3 is 0 Å². The van der Waals surface area contributed by atoms with Gasteiger partial charge in [-0.3, -0.25) is 0 Å². The first-order valence-corrected chi connectivity index (χ1v) is 6.10.